The van der Waals surface area contributed by atoms with Crippen molar-refractivity contribution in [3.63, 3.8) is 0 Å². The van der Waals surface area contributed by atoms with Crippen LogP contribution in [-0.4, -0.2) is 57.2 Å². The van der Waals surface area contributed by atoms with E-state index in [1.54, 1.807) is 37.3 Å². The van der Waals surface area contributed by atoms with Crippen LogP contribution >= 0.6 is 23.7 Å². The number of anilines is 1. The van der Waals surface area contributed by atoms with E-state index in [1.807, 2.05) is 43.3 Å². The highest BCUT2D eigenvalue weighted by atomic mass is 35.5. The highest BCUT2D eigenvalue weighted by molar-refractivity contribution is 7.22. The minimum atomic E-state index is -0.131. The van der Waals surface area contributed by atoms with Crippen LogP contribution in [0.4, 0.5) is 5.13 Å². The van der Waals surface area contributed by atoms with E-state index in [4.69, 9.17) is 9.47 Å². The Balaban J connectivity index is 0.00000280. The number of halogens is 1. The van der Waals surface area contributed by atoms with Gasteiger partial charge in [-0.25, -0.2) is 4.98 Å². The average molecular weight is 422 g/mol. The summed E-state index contributed by atoms with van der Waals surface area (Å²) in [5, 5.41) is 0.685. The quantitative estimate of drug-likeness (QED) is 0.578. The van der Waals surface area contributed by atoms with E-state index >= 15 is 0 Å². The van der Waals surface area contributed by atoms with Gasteiger partial charge >= 0.3 is 0 Å². The minimum Gasteiger partial charge on any atom is -0.497 e. The van der Waals surface area contributed by atoms with Crippen molar-refractivity contribution in [3.8, 4) is 11.5 Å². The number of amides is 1. The molecule has 3 aromatic rings. The molecule has 0 radical (unpaired) electrons. The van der Waals surface area contributed by atoms with Gasteiger partial charge in [0.15, 0.2) is 5.13 Å². The summed E-state index contributed by atoms with van der Waals surface area (Å²) >= 11 is 1.51. The zero-order valence-electron chi connectivity index (χ0n) is 16.3. The van der Waals surface area contributed by atoms with Crippen molar-refractivity contribution >= 4 is 45.0 Å². The second-order valence-corrected chi connectivity index (χ2v) is 7.33. The first-order valence-electron chi connectivity index (χ1n) is 8.57. The number of hydrogen-bond acceptors (Lipinski definition) is 6. The molecule has 0 saturated heterocycles. The van der Waals surface area contributed by atoms with E-state index in [0.29, 0.717) is 28.7 Å². The second kappa shape index (κ2) is 9.73. The molecule has 0 N–H and O–H groups in total. The van der Waals surface area contributed by atoms with Gasteiger partial charge in [0.2, 0.25) is 0 Å². The van der Waals surface area contributed by atoms with E-state index in [9.17, 15) is 4.79 Å². The summed E-state index contributed by atoms with van der Waals surface area (Å²) < 4.78 is 11.7. The number of aromatic nitrogens is 1. The number of benzene rings is 2. The van der Waals surface area contributed by atoms with Crippen molar-refractivity contribution < 1.29 is 14.3 Å². The number of nitrogens with zero attached hydrogens (tertiary/aromatic N) is 3. The van der Waals surface area contributed by atoms with Gasteiger partial charge in [0.05, 0.1) is 24.4 Å². The summed E-state index contributed by atoms with van der Waals surface area (Å²) in [6.45, 7) is 1.26. The van der Waals surface area contributed by atoms with Crippen LogP contribution in [0.25, 0.3) is 10.2 Å². The number of methoxy groups -OCH3 is 2. The molecule has 1 aromatic heterocycles. The van der Waals surface area contributed by atoms with Gasteiger partial charge in [0, 0.05) is 24.7 Å². The Hall–Kier alpha value is -2.35. The number of thiazole rings is 1. The maximum atomic E-state index is 13.3. The Kier molecular flexibility index (Phi) is 7.62. The lowest BCUT2D eigenvalue weighted by Gasteiger charge is -2.22. The zero-order chi connectivity index (χ0) is 19.4. The molecule has 1 amide bonds. The Bertz CT molecular complexity index is 890. The van der Waals surface area contributed by atoms with Gasteiger partial charge < -0.3 is 14.4 Å². The largest absolute Gasteiger partial charge is 0.497 e. The normalized spacial score (nSPS) is 10.6. The van der Waals surface area contributed by atoms with Crippen LogP contribution in [0.2, 0.25) is 0 Å². The van der Waals surface area contributed by atoms with Crippen LogP contribution in [0.1, 0.15) is 10.4 Å². The highest BCUT2D eigenvalue weighted by Gasteiger charge is 2.22. The predicted octanol–water partition coefficient (Wildman–Crippen LogP) is 3.94. The van der Waals surface area contributed by atoms with Crippen LogP contribution in [0, 0.1) is 0 Å². The molecule has 0 spiro atoms. The maximum absolute atomic E-state index is 13.3. The lowest BCUT2D eigenvalue weighted by molar-refractivity contribution is 0.0984. The summed E-state index contributed by atoms with van der Waals surface area (Å²) in [4.78, 5) is 21.8. The zero-order valence-corrected chi connectivity index (χ0v) is 18.0. The van der Waals surface area contributed by atoms with E-state index < -0.39 is 0 Å². The SMILES string of the molecule is COc1cc(OC)cc(C(=O)N(CCN(C)C)c2nc3ccccc3s2)c1.Cl. The molecule has 0 bridgehead atoms. The Morgan fingerprint density at radius 2 is 1.68 bits per heavy atom. The molecular weight excluding hydrogens is 398 g/mol. The number of para-hydroxylation sites is 1. The van der Waals surface area contributed by atoms with Crippen molar-refractivity contribution in [1.29, 1.82) is 0 Å². The smallest absolute Gasteiger partial charge is 0.260 e. The molecule has 2 aromatic carbocycles. The molecule has 0 fully saturated rings. The van der Waals surface area contributed by atoms with Crippen molar-refractivity contribution in [1.82, 2.24) is 9.88 Å². The average Bonchev–Trinajstić information content (AvgIpc) is 3.11. The summed E-state index contributed by atoms with van der Waals surface area (Å²) in [5.41, 5.74) is 1.40. The fourth-order valence-electron chi connectivity index (χ4n) is 2.65. The minimum absolute atomic E-state index is 0. The molecular formula is C20H24ClN3O3S. The number of ether oxygens (including phenoxy) is 2. The summed E-state index contributed by atoms with van der Waals surface area (Å²) in [5.74, 6) is 1.03. The summed E-state index contributed by atoms with van der Waals surface area (Å²) in [6, 6.07) is 13.1. The van der Waals surface area contributed by atoms with Crippen LogP contribution < -0.4 is 14.4 Å². The first kappa shape index (κ1) is 21.9. The molecule has 0 atom stereocenters. The van der Waals surface area contributed by atoms with Crippen LogP contribution in [0.15, 0.2) is 42.5 Å². The highest BCUT2D eigenvalue weighted by Crippen LogP contribution is 2.31. The number of carbonyl (C=O) groups excluding carboxylic acids is 1. The van der Waals surface area contributed by atoms with E-state index in [1.165, 1.54) is 11.3 Å². The standard InChI is InChI=1S/C20H23N3O3S.ClH/c1-22(2)9-10-23(20-21-17-7-5-6-8-18(17)27-20)19(24)14-11-15(25-3)13-16(12-14)26-4;/h5-8,11-13H,9-10H2,1-4H3;1H. The van der Waals surface area contributed by atoms with E-state index in [-0.39, 0.29) is 18.3 Å². The molecule has 150 valence electrons. The van der Waals surface area contributed by atoms with Gasteiger partial charge in [-0.2, -0.15) is 0 Å². The fourth-order valence-corrected chi connectivity index (χ4v) is 3.64. The van der Waals surface area contributed by atoms with Gasteiger partial charge in [-0.15, -0.1) is 12.4 Å². The van der Waals surface area contributed by atoms with E-state index in [2.05, 4.69) is 4.98 Å². The van der Waals surface area contributed by atoms with Crippen molar-refractivity contribution in [2.45, 2.75) is 0 Å². The van der Waals surface area contributed by atoms with Gasteiger partial charge in [-0.05, 0) is 38.4 Å². The van der Waals surface area contributed by atoms with Crippen LogP contribution in [0.5, 0.6) is 11.5 Å². The number of fused-ring (bicyclic) bond motifs is 1. The second-order valence-electron chi connectivity index (χ2n) is 6.33. The first-order chi connectivity index (χ1) is 13.0. The Morgan fingerprint density at radius 3 is 2.25 bits per heavy atom. The topological polar surface area (TPSA) is 54.9 Å². The third-order valence-electron chi connectivity index (χ3n) is 4.13. The third-order valence-corrected chi connectivity index (χ3v) is 5.19. The first-order valence-corrected chi connectivity index (χ1v) is 9.38. The third kappa shape index (κ3) is 4.92. The van der Waals surface area contributed by atoms with Crippen molar-refractivity contribution in [2.24, 2.45) is 0 Å². The number of carbonyl (C=O) groups is 1. The molecule has 0 aliphatic heterocycles. The fraction of sp³-hybridized carbons (Fsp3) is 0.300. The molecule has 0 saturated carbocycles. The number of hydrogen-bond donors (Lipinski definition) is 0. The number of likely N-dealkylation sites (N-methyl/N-ethyl adjacent to an activating group) is 1. The molecule has 6 nitrogen and oxygen atoms in total. The molecule has 0 unspecified atom stereocenters. The van der Waals surface area contributed by atoms with Crippen LogP contribution in [0.3, 0.4) is 0 Å². The molecule has 0 aliphatic carbocycles. The van der Waals surface area contributed by atoms with Gasteiger partial charge in [0.25, 0.3) is 5.91 Å². The summed E-state index contributed by atoms with van der Waals surface area (Å²) in [6.07, 6.45) is 0. The summed E-state index contributed by atoms with van der Waals surface area (Å²) in [7, 11) is 7.10. The Morgan fingerprint density at radius 1 is 1.04 bits per heavy atom. The Labute approximate surface area is 175 Å². The van der Waals surface area contributed by atoms with Gasteiger partial charge in [-0.1, -0.05) is 23.5 Å². The van der Waals surface area contributed by atoms with Gasteiger partial charge in [0.1, 0.15) is 11.5 Å². The van der Waals surface area contributed by atoms with Crippen molar-refractivity contribution in [2.75, 3.05) is 46.3 Å². The number of rotatable bonds is 7. The molecule has 8 heteroatoms. The van der Waals surface area contributed by atoms with Crippen molar-refractivity contribution in [3.05, 3.63) is 48.0 Å². The lowest BCUT2D eigenvalue weighted by Crippen LogP contribution is -2.36. The van der Waals surface area contributed by atoms with Crippen LogP contribution in [-0.2, 0) is 0 Å². The molecule has 1 heterocycles. The maximum Gasteiger partial charge on any atom is 0.260 e. The predicted molar refractivity (Wildman–Crippen MR) is 117 cm³/mol. The molecule has 3 rings (SSSR count). The van der Waals surface area contributed by atoms with Gasteiger partial charge in [-0.3, -0.25) is 9.69 Å². The molecule has 28 heavy (non-hydrogen) atoms. The van der Waals surface area contributed by atoms with E-state index in [0.717, 1.165) is 16.8 Å². The monoisotopic (exact) mass is 421 g/mol. The molecule has 0 aliphatic rings. The lowest BCUT2D eigenvalue weighted by atomic mass is 10.1.